The molecule has 1 aliphatic rings. The van der Waals surface area contributed by atoms with E-state index in [9.17, 15) is 14.7 Å². The summed E-state index contributed by atoms with van der Waals surface area (Å²) in [6, 6.07) is 7.10. The minimum atomic E-state index is -1.17. The van der Waals surface area contributed by atoms with Crippen LogP contribution in [0.4, 0.5) is 5.69 Å². The zero-order valence-corrected chi connectivity index (χ0v) is 13.3. The van der Waals surface area contributed by atoms with E-state index in [0.29, 0.717) is 25.1 Å². The standard InChI is InChI=1S/C18H23NO4/c1-2-3-12-23-14-10-8-13(9-11-14)19-17(20)15-6-4-5-7-16(15)18(21)22/h4-5,8-11,15-16H,2-3,6-7,12H2,1H3,(H,19,20)(H,21,22)/p-1/t15-,16+/m1/s1. The van der Waals surface area contributed by atoms with E-state index in [2.05, 4.69) is 12.2 Å². The normalized spacial score (nSPS) is 20.0. The smallest absolute Gasteiger partial charge is 0.228 e. The van der Waals surface area contributed by atoms with Gasteiger partial charge in [-0.1, -0.05) is 25.5 Å². The van der Waals surface area contributed by atoms with Crippen LogP contribution < -0.4 is 15.2 Å². The first-order valence-corrected chi connectivity index (χ1v) is 8.01. The summed E-state index contributed by atoms with van der Waals surface area (Å²) >= 11 is 0. The molecule has 1 aromatic rings. The van der Waals surface area contributed by atoms with Gasteiger partial charge in [-0.05, 0) is 43.5 Å². The molecule has 2 atom stereocenters. The summed E-state index contributed by atoms with van der Waals surface area (Å²) in [6.07, 6.45) is 6.45. The molecule has 5 nitrogen and oxygen atoms in total. The molecule has 1 aromatic carbocycles. The monoisotopic (exact) mass is 316 g/mol. The number of hydrogen-bond acceptors (Lipinski definition) is 4. The lowest BCUT2D eigenvalue weighted by atomic mass is 9.82. The molecule has 1 aliphatic carbocycles. The molecule has 5 heteroatoms. The first kappa shape index (κ1) is 17.1. The number of carboxylic acid groups (broad SMARTS) is 1. The number of amides is 1. The van der Waals surface area contributed by atoms with Gasteiger partial charge in [0.05, 0.1) is 12.5 Å². The van der Waals surface area contributed by atoms with E-state index in [-0.39, 0.29) is 5.91 Å². The van der Waals surface area contributed by atoms with Gasteiger partial charge in [-0.3, -0.25) is 4.79 Å². The van der Waals surface area contributed by atoms with Crippen LogP contribution in [0.5, 0.6) is 5.75 Å². The third-order valence-electron chi connectivity index (χ3n) is 3.96. The third-order valence-corrected chi connectivity index (χ3v) is 3.96. The molecule has 0 unspecified atom stereocenters. The molecule has 0 bridgehead atoms. The third kappa shape index (κ3) is 4.84. The molecule has 1 N–H and O–H groups in total. The molecule has 1 amide bonds. The van der Waals surface area contributed by atoms with Crippen molar-refractivity contribution < 1.29 is 19.4 Å². The van der Waals surface area contributed by atoms with Gasteiger partial charge in [0.15, 0.2) is 0 Å². The van der Waals surface area contributed by atoms with Gasteiger partial charge in [-0.15, -0.1) is 0 Å². The number of carboxylic acids is 1. The number of nitrogens with one attached hydrogen (secondary N) is 1. The second-order valence-corrected chi connectivity index (χ2v) is 5.69. The highest BCUT2D eigenvalue weighted by Gasteiger charge is 2.29. The molecule has 0 heterocycles. The fourth-order valence-electron chi connectivity index (χ4n) is 2.57. The summed E-state index contributed by atoms with van der Waals surface area (Å²) in [6.45, 7) is 2.77. The molecule has 0 aliphatic heterocycles. The van der Waals surface area contributed by atoms with Crippen molar-refractivity contribution in [2.45, 2.75) is 32.6 Å². The second kappa shape index (κ2) is 8.36. The van der Waals surface area contributed by atoms with Crippen molar-refractivity contribution in [1.82, 2.24) is 0 Å². The van der Waals surface area contributed by atoms with Crippen molar-refractivity contribution in [3.8, 4) is 5.75 Å². The Morgan fingerprint density at radius 1 is 1.17 bits per heavy atom. The lowest BCUT2D eigenvalue weighted by Crippen LogP contribution is -2.41. The van der Waals surface area contributed by atoms with Crippen LogP contribution in [-0.2, 0) is 9.59 Å². The lowest BCUT2D eigenvalue weighted by molar-refractivity contribution is -0.313. The van der Waals surface area contributed by atoms with Crippen LogP contribution in [0.15, 0.2) is 36.4 Å². The molecular weight excluding hydrogens is 294 g/mol. The number of anilines is 1. The topological polar surface area (TPSA) is 78.5 Å². The zero-order valence-electron chi connectivity index (χ0n) is 13.3. The Balaban J connectivity index is 1.94. The van der Waals surface area contributed by atoms with Crippen molar-refractivity contribution in [1.29, 1.82) is 0 Å². The Hall–Kier alpha value is -2.30. The molecule has 124 valence electrons. The summed E-state index contributed by atoms with van der Waals surface area (Å²) < 4.78 is 5.56. The molecule has 0 aromatic heterocycles. The van der Waals surface area contributed by atoms with Crippen LogP contribution in [0, 0.1) is 11.8 Å². The van der Waals surface area contributed by atoms with Crippen molar-refractivity contribution >= 4 is 17.6 Å². The average molecular weight is 316 g/mol. The molecule has 0 fully saturated rings. The van der Waals surface area contributed by atoms with E-state index in [1.54, 1.807) is 30.3 Å². The number of carbonyl (C=O) groups is 2. The van der Waals surface area contributed by atoms with E-state index in [4.69, 9.17) is 4.74 Å². The van der Waals surface area contributed by atoms with E-state index in [0.717, 1.165) is 18.6 Å². The van der Waals surface area contributed by atoms with E-state index in [1.165, 1.54) is 0 Å². The van der Waals surface area contributed by atoms with Gasteiger partial charge in [-0.25, -0.2) is 0 Å². The highest BCUT2D eigenvalue weighted by Crippen LogP contribution is 2.27. The number of rotatable bonds is 7. The van der Waals surface area contributed by atoms with Crippen LogP contribution >= 0.6 is 0 Å². The molecular formula is C18H22NO4-. The fourth-order valence-corrected chi connectivity index (χ4v) is 2.57. The molecule has 0 radical (unpaired) electrons. The Morgan fingerprint density at radius 2 is 1.83 bits per heavy atom. The summed E-state index contributed by atoms with van der Waals surface area (Å²) in [5.41, 5.74) is 0.629. The number of allylic oxidation sites excluding steroid dienone is 2. The summed E-state index contributed by atoms with van der Waals surface area (Å²) in [7, 11) is 0. The van der Waals surface area contributed by atoms with E-state index < -0.39 is 17.8 Å². The van der Waals surface area contributed by atoms with Crippen molar-refractivity contribution in [2.75, 3.05) is 11.9 Å². The van der Waals surface area contributed by atoms with Crippen LogP contribution in [0.3, 0.4) is 0 Å². The quantitative estimate of drug-likeness (QED) is 0.617. The summed E-state index contributed by atoms with van der Waals surface area (Å²) in [4.78, 5) is 23.5. The largest absolute Gasteiger partial charge is 0.550 e. The summed E-state index contributed by atoms with van der Waals surface area (Å²) in [5.74, 6) is -2.07. The van der Waals surface area contributed by atoms with E-state index in [1.807, 2.05) is 6.08 Å². The fraction of sp³-hybridized carbons (Fsp3) is 0.444. The molecule has 2 rings (SSSR count). The van der Waals surface area contributed by atoms with Crippen molar-refractivity contribution in [3.63, 3.8) is 0 Å². The lowest BCUT2D eigenvalue weighted by Gasteiger charge is -2.28. The van der Waals surface area contributed by atoms with Crippen LogP contribution in [-0.4, -0.2) is 18.5 Å². The van der Waals surface area contributed by atoms with Gasteiger partial charge >= 0.3 is 0 Å². The Labute approximate surface area is 136 Å². The number of unbranched alkanes of at least 4 members (excludes halogenated alkanes) is 1. The molecule has 0 spiro atoms. The highest BCUT2D eigenvalue weighted by molar-refractivity contribution is 5.95. The Bertz CT molecular complexity index is 565. The van der Waals surface area contributed by atoms with E-state index >= 15 is 0 Å². The number of hydrogen-bond donors (Lipinski definition) is 1. The number of carbonyl (C=O) groups excluding carboxylic acids is 2. The van der Waals surface area contributed by atoms with Gasteiger partial charge in [0.2, 0.25) is 5.91 Å². The maximum atomic E-state index is 12.3. The van der Waals surface area contributed by atoms with Crippen molar-refractivity contribution in [2.24, 2.45) is 11.8 Å². The van der Waals surface area contributed by atoms with Crippen LogP contribution in [0.2, 0.25) is 0 Å². The number of ether oxygens (including phenoxy) is 1. The summed E-state index contributed by atoms with van der Waals surface area (Å²) in [5, 5.41) is 13.9. The maximum Gasteiger partial charge on any atom is 0.228 e. The predicted octanol–water partition coefficient (Wildman–Crippen LogP) is 2.14. The van der Waals surface area contributed by atoms with Crippen molar-refractivity contribution in [3.05, 3.63) is 36.4 Å². The van der Waals surface area contributed by atoms with Gasteiger partial charge in [0.1, 0.15) is 5.75 Å². The first-order valence-electron chi connectivity index (χ1n) is 8.01. The van der Waals surface area contributed by atoms with Gasteiger partial charge in [0.25, 0.3) is 0 Å². The number of aliphatic carboxylic acids is 1. The van der Waals surface area contributed by atoms with Crippen LogP contribution in [0.1, 0.15) is 32.6 Å². The second-order valence-electron chi connectivity index (χ2n) is 5.69. The van der Waals surface area contributed by atoms with Gasteiger partial charge in [-0.2, -0.15) is 0 Å². The van der Waals surface area contributed by atoms with Gasteiger partial charge < -0.3 is 20.0 Å². The SMILES string of the molecule is CCCCOc1ccc(NC(=O)[C@@H]2CC=CC[C@@H]2C(=O)[O-])cc1. The average Bonchev–Trinajstić information content (AvgIpc) is 2.56. The maximum absolute atomic E-state index is 12.3. The zero-order chi connectivity index (χ0) is 16.7. The Kier molecular flexibility index (Phi) is 6.20. The van der Waals surface area contributed by atoms with Gasteiger partial charge in [0, 0.05) is 17.6 Å². The minimum Gasteiger partial charge on any atom is -0.550 e. The molecule has 23 heavy (non-hydrogen) atoms. The predicted molar refractivity (Wildman–Crippen MR) is 85.8 cm³/mol. The molecule has 0 saturated heterocycles. The Morgan fingerprint density at radius 3 is 2.43 bits per heavy atom. The number of benzene rings is 1. The molecule has 0 saturated carbocycles. The first-order chi connectivity index (χ1) is 11.1. The van der Waals surface area contributed by atoms with Crippen LogP contribution in [0.25, 0.3) is 0 Å². The minimum absolute atomic E-state index is 0.289. The highest BCUT2D eigenvalue weighted by atomic mass is 16.5.